The Morgan fingerprint density at radius 1 is 1.10 bits per heavy atom. The lowest BCUT2D eigenvalue weighted by Crippen LogP contribution is -2.48. The maximum absolute atomic E-state index is 12.4. The minimum atomic E-state index is -1.99. The topological polar surface area (TPSA) is 137 Å². The SMILES string of the molecule is CC1(C)C(O)[C@@]1(O)[C@H]1OC(OC(=O)[C@@H](O)Cc2ccccc2)[C@]2(O)C(C)(C)[C@]12O. The molecule has 160 valence electrons. The van der Waals surface area contributed by atoms with Crippen LogP contribution in [0.5, 0.6) is 0 Å². The van der Waals surface area contributed by atoms with Gasteiger partial charge in [0, 0.05) is 17.3 Å². The average Bonchev–Trinajstić information content (AvgIpc) is 3.13. The van der Waals surface area contributed by atoms with Crippen LogP contribution in [0.1, 0.15) is 33.3 Å². The van der Waals surface area contributed by atoms with E-state index in [4.69, 9.17) is 9.47 Å². The van der Waals surface area contributed by atoms with E-state index >= 15 is 0 Å². The van der Waals surface area contributed by atoms with Gasteiger partial charge in [-0.25, -0.2) is 4.79 Å². The van der Waals surface area contributed by atoms with Gasteiger partial charge in [0.1, 0.15) is 17.3 Å². The lowest BCUT2D eigenvalue weighted by molar-refractivity contribution is -0.233. The highest BCUT2D eigenvalue weighted by molar-refractivity contribution is 5.75. The first-order valence-corrected chi connectivity index (χ1v) is 9.71. The van der Waals surface area contributed by atoms with E-state index in [0.717, 1.165) is 5.56 Å². The molecule has 1 aliphatic heterocycles. The number of fused-ring (bicyclic) bond motifs is 1. The molecule has 29 heavy (non-hydrogen) atoms. The Morgan fingerprint density at radius 3 is 2.17 bits per heavy atom. The molecular formula is C21H28O8. The van der Waals surface area contributed by atoms with Crippen LogP contribution in [0.15, 0.2) is 30.3 Å². The number of carbonyl (C=O) groups excluding carboxylic acids is 1. The summed E-state index contributed by atoms with van der Waals surface area (Å²) < 4.78 is 10.9. The quantitative estimate of drug-likeness (QED) is 0.411. The molecule has 0 bridgehead atoms. The Hall–Kier alpha value is -1.55. The summed E-state index contributed by atoms with van der Waals surface area (Å²) in [6, 6.07) is 8.86. The predicted octanol–water partition coefficient (Wildman–Crippen LogP) is -0.508. The number of carbonyl (C=O) groups is 1. The van der Waals surface area contributed by atoms with Crippen LogP contribution < -0.4 is 0 Å². The Labute approximate surface area is 168 Å². The largest absolute Gasteiger partial charge is 0.430 e. The molecule has 1 aromatic rings. The lowest BCUT2D eigenvalue weighted by Gasteiger charge is -2.31. The van der Waals surface area contributed by atoms with Gasteiger partial charge in [-0.05, 0) is 5.56 Å². The molecule has 2 unspecified atom stereocenters. The van der Waals surface area contributed by atoms with E-state index in [1.54, 1.807) is 52.0 Å². The van der Waals surface area contributed by atoms with Gasteiger partial charge in [-0.1, -0.05) is 58.0 Å². The smallest absolute Gasteiger partial charge is 0.337 e. The molecule has 3 aliphatic rings. The van der Waals surface area contributed by atoms with Gasteiger partial charge in [-0.3, -0.25) is 0 Å². The van der Waals surface area contributed by atoms with Crippen molar-refractivity contribution in [3.05, 3.63) is 35.9 Å². The Balaban J connectivity index is 1.54. The van der Waals surface area contributed by atoms with Gasteiger partial charge < -0.3 is 35.0 Å². The third-order valence-electron chi connectivity index (χ3n) is 7.62. The summed E-state index contributed by atoms with van der Waals surface area (Å²) in [6.45, 7) is 6.35. The van der Waals surface area contributed by atoms with E-state index in [1.807, 2.05) is 6.07 Å². The minimum absolute atomic E-state index is 0.0115. The molecule has 3 fully saturated rings. The van der Waals surface area contributed by atoms with Crippen molar-refractivity contribution in [1.82, 2.24) is 0 Å². The van der Waals surface area contributed by atoms with E-state index in [9.17, 15) is 30.3 Å². The third kappa shape index (κ3) is 2.22. The van der Waals surface area contributed by atoms with Gasteiger partial charge in [0.05, 0.1) is 6.10 Å². The van der Waals surface area contributed by atoms with Crippen LogP contribution >= 0.6 is 0 Å². The highest BCUT2D eigenvalue weighted by Gasteiger charge is 2.98. The van der Waals surface area contributed by atoms with Gasteiger partial charge in [-0.2, -0.15) is 0 Å². The first-order chi connectivity index (χ1) is 13.3. The van der Waals surface area contributed by atoms with Gasteiger partial charge in [0.25, 0.3) is 0 Å². The van der Waals surface area contributed by atoms with Crippen LogP contribution in [0.25, 0.3) is 0 Å². The fraction of sp³-hybridized carbons (Fsp3) is 0.667. The van der Waals surface area contributed by atoms with Gasteiger partial charge in [-0.15, -0.1) is 0 Å². The number of aliphatic hydroxyl groups excluding tert-OH is 2. The fourth-order valence-corrected chi connectivity index (χ4v) is 5.09. The molecular weight excluding hydrogens is 380 g/mol. The molecule has 1 aromatic carbocycles. The molecule has 1 heterocycles. The highest BCUT2D eigenvalue weighted by atomic mass is 16.7. The minimum Gasteiger partial charge on any atom is -0.430 e. The maximum Gasteiger partial charge on any atom is 0.337 e. The summed E-state index contributed by atoms with van der Waals surface area (Å²) in [5.74, 6) is -1.01. The van der Waals surface area contributed by atoms with Gasteiger partial charge in [0.15, 0.2) is 11.7 Å². The Bertz CT molecular complexity index is 838. The molecule has 4 rings (SSSR count). The summed E-state index contributed by atoms with van der Waals surface area (Å²) in [5.41, 5.74) is -7.15. The Kier molecular flexibility index (Phi) is 4.13. The molecule has 0 aromatic heterocycles. The monoisotopic (exact) mass is 408 g/mol. The molecule has 8 nitrogen and oxygen atoms in total. The summed E-state index contributed by atoms with van der Waals surface area (Å²) >= 11 is 0. The number of hydrogen-bond donors (Lipinski definition) is 5. The van der Waals surface area contributed by atoms with Crippen molar-refractivity contribution in [2.75, 3.05) is 0 Å². The first-order valence-electron chi connectivity index (χ1n) is 9.71. The van der Waals surface area contributed by atoms with Crippen LogP contribution in [-0.4, -0.2) is 72.9 Å². The van der Waals surface area contributed by atoms with Crippen LogP contribution in [0.4, 0.5) is 0 Å². The molecule has 0 spiro atoms. The summed E-state index contributed by atoms with van der Waals surface area (Å²) in [7, 11) is 0. The standard InChI is InChI=1S/C21H28O8/c1-17(2)14(24)19(17,25)15-20(26)18(3,4)21(20,27)16(29-15)28-13(23)12(22)10-11-8-6-5-7-9-11/h5-9,12,14-16,22,24-27H,10H2,1-4H3/t12-,14?,15+,16?,19+,20+,21-/m0/s1. The van der Waals surface area contributed by atoms with Crippen molar-refractivity contribution < 1.29 is 39.8 Å². The van der Waals surface area contributed by atoms with Crippen LogP contribution in [0, 0.1) is 10.8 Å². The normalized spacial score (nSPS) is 44.7. The van der Waals surface area contributed by atoms with Crippen LogP contribution in [0.3, 0.4) is 0 Å². The number of ether oxygens (including phenoxy) is 2. The second kappa shape index (κ2) is 5.78. The zero-order valence-electron chi connectivity index (χ0n) is 16.9. The van der Waals surface area contributed by atoms with E-state index in [-0.39, 0.29) is 6.42 Å². The molecule has 2 saturated carbocycles. The molecule has 2 aliphatic carbocycles. The summed E-state index contributed by atoms with van der Waals surface area (Å²) in [6.07, 6.45) is -5.63. The number of esters is 1. The van der Waals surface area contributed by atoms with E-state index < -0.39 is 58.2 Å². The average molecular weight is 408 g/mol. The van der Waals surface area contributed by atoms with Crippen LogP contribution in [-0.2, 0) is 20.7 Å². The second-order valence-corrected chi connectivity index (χ2v) is 9.60. The van der Waals surface area contributed by atoms with Crippen molar-refractivity contribution in [3.63, 3.8) is 0 Å². The van der Waals surface area contributed by atoms with Crippen LogP contribution in [0.2, 0.25) is 0 Å². The number of hydrogen-bond acceptors (Lipinski definition) is 8. The number of benzene rings is 1. The molecule has 8 heteroatoms. The Morgan fingerprint density at radius 2 is 1.66 bits per heavy atom. The predicted molar refractivity (Wildman–Crippen MR) is 99.3 cm³/mol. The van der Waals surface area contributed by atoms with Crippen molar-refractivity contribution in [3.8, 4) is 0 Å². The van der Waals surface area contributed by atoms with Crippen molar-refractivity contribution in [1.29, 1.82) is 0 Å². The number of aliphatic hydroxyl groups is 5. The molecule has 5 N–H and O–H groups in total. The second-order valence-electron chi connectivity index (χ2n) is 9.60. The number of rotatable bonds is 5. The molecule has 7 atom stereocenters. The van der Waals surface area contributed by atoms with E-state index in [2.05, 4.69) is 0 Å². The first kappa shape index (κ1) is 20.7. The van der Waals surface area contributed by atoms with Gasteiger partial charge >= 0.3 is 5.97 Å². The van der Waals surface area contributed by atoms with E-state index in [0.29, 0.717) is 0 Å². The maximum atomic E-state index is 12.4. The highest BCUT2D eigenvalue weighted by Crippen LogP contribution is 2.77. The van der Waals surface area contributed by atoms with Gasteiger partial charge in [0.2, 0.25) is 6.29 Å². The molecule has 1 saturated heterocycles. The van der Waals surface area contributed by atoms with Crippen molar-refractivity contribution in [2.45, 2.75) is 75.5 Å². The van der Waals surface area contributed by atoms with Crippen molar-refractivity contribution in [2.24, 2.45) is 10.8 Å². The zero-order chi connectivity index (χ0) is 21.6. The fourth-order valence-electron chi connectivity index (χ4n) is 5.09. The molecule has 0 radical (unpaired) electrons. The lowest BCUT2D eigenvalue weighted by atomic mass is 9.92. The third-order valence-corrected chi connectivity index (χ3v) is 7.62. The molecule has 0 amide bonds. The van der Waals surface area contributed by atoms with Crippen molar-refractivity contribution >= 4 is 5.97 Å². The summed E-state index contributed by atoms with van der Waals surface area (Å²) in [5, 5.41) is 53.7. The zero-order valence-corrected chi connectivity index (χ0v) is 16.9. The van der Waals surface area contributed by atoms with E-state index in [1.165, 1.54) is 0 Å². The summed E-state index contributed by atoms with van der Waals surface area (Å²) in [4.78, 5) is 12.4.